The molecule has 0 bridgehead atoms. The lowest BCUT2D eigenvalue weighted by molar-refractivity contribution is -0.104. The zero-order valence-electron chi connectivity index (χ0n) is 10.2. The minimum atomic E-state index is -2.81. The highest BCUT2D eigenvalue weighted by Gasteiger charge is 2.44. The summed E-state index contributed by atoms with van der Waals surface area (Å²) in [6.07, 6.45) is -0.342. The Labute approximate surface area is 94.7 Å². The number of amides is 1. The van der Waals surface area contributed by atoms with E-state index in [9.17, 15) is 13.6 Å². The number of halogens is 2. The van der Waals surface area contributed by atoms with Crippen LogP contribution < -0.4 is 0 Å². The van der Waals surface area contributed by atoms with Gasteiger partial charge >= 0.3 is 6.09 Å². The Morgan fingerprint density at radius 2 is 2.00 bits per heavy atom. The lowest BCUT2D eigenvalue weighted by Crippen LogP contribution is -2.51. The highest BCUT2D eigenvalue weighted by Crippen LogP contribution is 2.32. The van der Waals surface area contributed by atoms with E-state index in [2.05, 4.69) is 0 Å². The van der Waals surface area contributed by atoms with Gasteiger partial charge < -0.3 is 9.64 Å². The van der Waals surface area contributed by atoms with Crippen molar-refractivity contribution in [3.8, 4) is 0 Å². The first kappa shape index (κ1) is 13.2. The fourth-order valence-electron chi connectivity index (χ4n) is 1.53. The number of carbonyl (C=O) groups is 1. The number of alkyl halides is 2. The van der Waals surface area contributed by atoms with Crippen LogP contribution in [0.1, 0.15) is 34.1 Å². The highest BCUT2D eigenvalue weighted by molar-refractivity contribution is 5.68. The van der Waals surface area contributed by atoms with E-state index in [1.807, 2.05) is 0 Å². The molecule has 1 rings (SSSR count). The van der Waals surface area contributed by atoms with Crippen LogP contribution in [0.2, 0.25) is 0 Å². The summed E-state index contributed by atoms with van der Waals surface area (Å²) in [5.74, 6) is -3.49. The first-order valence-electron chi connectivity index (χ1n) is 5.47. The van der Waals surface area contributed by atoms with E-state index in [0.29, 0.717) is 13.0 Å². The van der Waals surface area contributed by atoms with Gasteiger partial charge in [0.1, 0.15) is 5.60 Å². The average molecular weight is 235 g/mol. The van der Waals surface area contributed by atoms with Crippen LogP contribution in [0.3, 0.4) is 0 Å². The van der Waals surface area contributed by atoms with Crippen molar-refractivity contribution in [1.29, 1.82) is 0 Å². The third-order valence-corrected chi connectivity index (χ3v) is 2.61. The van der Waals surface area contributed by atoms with Crippen molar-refractivity contribution in [3.63, 3.8) is 0 Å². The number of piperidine rings is 1. The second kappa shape index (κ2) is 4.18. The Kier molecular flexibility index (Phi) is 3.45. The Morgan fingerprint density at radius 1 is 1.44 bits per heavy atom. The van der Waals surface area contributed by atoms with Gasteiger partial charge in [-0.3, -0.25) is 0 Å². The molecule has 1 heterocycles. The average Bonchev–Trinajstić information content (AvgIpc) is 2.06. The van der Waals surface area contributed by atoms with Gasteiger partial charge in [-0.2, -0.15) is 0 Å². The largest absolute Gasteiger partial charge is 0.444 e. The normalized spacial score (nSPS) is 25.4. The zero-order chi connectivity index (χ0) is 12.6. The van der Waals surface area contributed by atoms with Crippen molar-refractivity contribution in [2.45, 2.75) is 45.6 Å². The quantitative estimate of drug-likeness (QED) is 0.646. The molecule has 1 saturated heterocycles. The molecule has 0 radical (unpaired) electrons. The summed E-state index contributed by atoms with van der Waals surface area (Å²) in [7, 11) is 0. The molecule has 0 aromatic heterocycles. The number of carbonyl (C=O) groups excluding carboxylic acids is 1. The lowest BCUT2D eigenvalue weighted by atomic mass is 9.95. The summed E-state index contributed by atoms with van der Waals surface area (Å²) < 4.78 is 31.8. The van der Waals surface area contributed by atoms with Gasteiger partial charge in [-0.15, -0.1) is 0 Å². The molecule has 0 aliphatic carbocycles. The van der Waals surface area contributed by atoms with Crippen molar-refractivity contribution >= 4 is 6.09 Å². The van der Waals surface area contributed by atoms with Crippen LogP contribution in [0.5, 0.6) is 0 Å². The minimum absolute atomic E-state index is 0.312. The van der Waals surface area contributed by atoms with Gasteiger partial charge in [-0.1, -0.05) is 6.92 Å². The SMILES string of the molecule is C[C@@H]1CCN(C(=O)OC(C)(C)C)CC1(F)F. The molecular formula is C11H19F2NO2. The molecule has 1 atom stereocenters. The van der Waals surface area contributed by atoms with Crippen LogP contribution in [-0.2, 0) is 4.74 Å². The van der Waals surface area contributed by atoms with Crippen LogP contribution in [0, 0.1) is 5.92 Å². The fraction of sp³-hybridized carbons (Fsp3) is 0.909. The Morgan fingerprint density at radius 3 is 2.44 bits per heavy atom. The van der Waals surface area contributed by atoms with E-state index in [1.54, 1.807) is 20.8 Å². The third kappa shape index (κ3) is 3.32. The van der Waals surface area contributed by atoms with Gasteiger partial charge in [0.2, 0.25) is 0 Å². The van der Waals surface area contributed by atoms with Crippen molar-refractivity contribution in [2.24, 2.45) is 5.92 Å². The second-order valence-electron chi connectivity index (χ2n) is 5.35. The smallest absolute Gasteiger partial charge is 0.410 e. The van der Waals surface area contributed by atoms with Gasteiger partial charge in [-0.05, 0) is 27.2 Å². The van der Waals surface area contributed by atoms with Crippen LogP contribution in [0.25, 0.3) is 0 Å². The lowest BCUT2D eigenvalue weighted by Gasteiger charge is -2.37. The van der Waals surface area contributed by atoms with Crippen LogP contribution in [0.4, 0.5) is 13.6 Å². The highest BCUT2D eigenvalue weighted by atomic mass is 19.3. The van der Waals surface area contributed by atoms with Gasteiger partial charge in [0.25, 0.3) is 5.92 Å². The summed E-state index contributed by atoms with van der Waals surface area (Å²) in [6, 6.07) is 0. The van der Waals surface area contributed by atoms with Gasteiger partial charge in [-0.25, -0.2) is 13.6 Å². The maximum atomic E-state index is 13.4. The summed E-state index contributed by atoms with van der Waals surface area (Å²) in [5.41, 5.74) is -0.643. The molecule has 1 aliphatic rings. The summed E-state index contributed by atoms with van der Waals surface area (Å²) in [5, 5.41) is 0. The molecule has 5 heteroatoms. The maximum Gasteiger partial charge on any atom is 0.410 e. The number of nitrogens with zero attached hydrogens (tertiary/aromatic N) is 1. The van der Waals surface area contributed by atoms with Gasteiger partial charge in [0.15, 0.2) is 0 Å². The summed E-state index contributed by atoms with van der Waals surface area (Å²) in [4.78, 5) is 12.7. The predicted molar refractivity (Wildman–Crippen MR) is 56.5 cm³/mol. The molecule has 1 aliphatic heterocycles. The summed E-state index contributed by atoms with van der Waals surface area (Å²) >= 11 is 0. The number of ether oxygens (including phenoxy) is 1. The second-order valence-corrected chi connectivity index (χ2v) is 5.35. The zero-order valence-corrected chi connectivity index (χ0v) is 10.2. The molecule has 0 spiro atoms. The van der Waals surface area contributed by atoms with Crippen LogP contribution in [0.15, 0.2) is 0 Å². The molecule has 0 aromatic carbocycles. The van der Waals surface area contributed by atoms with Gasteiger partial charge in [0.05, 0.1) is 6.54 Å². The van der Waals surface area contributed by atoms with E-state index in [0.717, 1.165) is 4.90 Å². The Balaban J connectivity index is 2.60. The van der Waals surface area contributed by atoms with Crippen LogP contribution in [-0.4, -0.2) is 35.6 Å². The minimum Gasteiger partial charge on any atom is -0.444 e. The third-order valence-electron chi connectivity index (χ3n) is 2.61. The number of likely N-dealkylation sites (tertiary alicyclic amines) is 1. The Hall–Kier alpha value is -0.870. The van der Waals surface area contributed by atoms with E-state index in [1.165, 1.54) is 6.92 Å². The standard InChI is InChI=1S/C11H19F2NO2/c1-8-5-6-14(7-11(8,12)13)9(15)16-10(2,3)4/h8H,5-7H2,1-4H3/t8-/m1/s1. The van der Waals surface area contributed by atoms with E-state index in [4.69, 9.17) is 4.74 Å². The predicted octanol–water partition coefficient (Wildman–Crippen LogP) is 2.90. The molecular weight excluding hydrogens is 216 g/mol. The van der Waals surface area contributed by atoms with E-state index in [-0.39, 0.29) is 0 Å². The summed E-state index contributed by atoms with van der Waals surface area (Å²) in [6.45, 7) is 6.46. The van der Waals surface area contributed by atoms with E-state index < -0.39 is 30.1 Å². The molecule has 0 aromatic rings. The molecule has 3 nitrogen and oxygen atoms in total. The monoisotopic (exact) mass is 235 g/mol. The Bertz CT molecular complexity index is 274. The topological polar surface area (TPSA) is 29.5 Å². The maximum absolute atomic E-state index is 13.4. The number of hydrogen-bond acceptors (Lipinski definition) is 2. The number of hydrogen-bond donors (Lipinski definition) is 0. The molecule has 0 unspecified atom stereocenters. The molecule has 94 valence electrons. The molecule has 0 saturated carbocycles. The van der Waals surface area contributed by atoms with Crippen molar-refractivity contribution in [3.05, 3.63) is 0 Å². The molecule has 0 N–H and O–H groups in total. The first-order chi connectivity index (χ1) is 7.12. The first-order valence-corrected chi connectivity index (χ1v) is 5.47. The molecule has 1 amide bonds. The van der Waals surface area contributed by atoms with Crippen molar-refractivity contribution in [1.82, 2.24) is 4.90 Å². The van der Waals surface area contributed by atoms with Crippen molar-refractivity contribution in [2.75, 3.05) is 13.1 Å². The number of rotatable bonds is 0. The fourth-order valence-corrected chi connectivity index (χ4v) is 1.53. The van der Waals surface area contributed by atoms with Gasteiger partial charge in [0, 0.05) is 12.5 Å². The van der Waals surface area contributed by atoms with Crippen molar-refractivity contribution < 1.29 is 18.3 Å². The van der Waals surface area contributed by atoms with Crippen LogP contribution >= 0.6 is 0 Å². The van der Waals surface area contributed by atoms with E-state index >= 15 is 0 Å². The molecule has 16 heavy (non-hydrogen) atoms. The molecule has 1 fully saturated rings.